The Balaban J connectivity index is 1.53. The SMILES string of the molecule is COc1cccc(CNC(=O)c2ccc(C[S@@](=O)Cc3ccc(C)cc3)o2)c1. The van der Waals surface area contributed by atoms with Gasteiger partial charge < -0.3 is 14.5 Å². The van der Waals surface area contributed by atoms with Crippen molar-refractivity contribution in [3.8, 4) is 5.75 Å². The molecule has 1 atom stereocenters. The number of methoxy groups -OCH3 is 1. The number of nitrogens with one attached hydrogen (secondary N) is 1. The summed E-state index contributed by atoms with van der Waals surface area (Å²) in [6.07, 6.45) is 0. The van der Waals surface area contributed by atoms with Crippen LogP contribution < -0.4 is 10.1 Å². The van der Waals surface area contributed by atoms with Crippen molar-refractivity contribution in [2.75, 3.05) is 7.11 Å². The molecule has 3 aromatic rings. The van der Waals surface area contributed by atoms with E-state index in [1.165, 1.54) is 5.56 Å². The smallest absolute Gasteiger partial charge is 0.287 e. The van der Waals surface area contributed by atoms with E-state index in [1.807, 2.05) is 55.5 Å². The fourth-order valence-electron chi connectivity index (χ4n) is 2.71. The summed E-state index contributed by atoms with van der Waals surface area (Å²) in [6.45, 7) is 2.38. The van der Waals surface area contributed by atoms with Gasteiger partial charge in [-0.3, -0.25) is 9.00 Å². The lowest BCUT2D eigenvalue weighted by Crippen LogP contribution is -2.22. The lowest BCUT2D eigenvalue weighted by molar-refractivity contribution is 0.0921. The van der Waals surface area contributed by atoms with Crippen LogP contribution in [0.2, 0.25) is 0 Å². The van der Waals surface area contributed by atoms with Gasteiger partial charge in [-0.2, -0.15) is 0 Å². The molecule has 5 nitrogen and oxygen atoms in total. The van der Waals surface area contributed by atoms with Gasteiger partial charge in [0, 0.05) is 23.1 Å². The topological polar surface area (TPSA) is 68.5 Å². The second kappa shape index (κ2) is 9.37. The fourth-order valence-corrected chi connectivity index (χ4v) is 3.85. The number of carbonyl (C=O) groups is 1. The Bertz CT molecular complexity index is 963. The molecule has 0 fully saturated rings. The van der Waals surface area contributed by atoms with Gasteiger partial charge >= 0.3 is 0 Å². The van der Waals surface area contributed by atoms with Crippen molar-refractivity contribution in [1.29, 1.82) is 0 Å². The van der Waals surface area contributed by atoms with E-state index in [1.54, 1.807) is 19.2 Å². The van der Waals surface area contributed by atoms with Gasteiger partial charge in [-0.25, -0.2) is 0 Å². The summed E-state index contributed by atoms with van der Waals surface area (Å²) in [7, 11) is 0.497. The minimum absolute atomic E-state index is 0.213. The van der Waals surface area contributed by atoms with Crippen LogP contribution in [0.5, 0.6) is 5.75 Å². The molecule has 0 radical (unpaired) electrons. The van der Waals surface area contributed by atoms with Gasteiger partial charge in [0.05, 0.1) is 12.9 Å². The molecular weight excluding hydrogens is 374 g/mol. The molecule has 0 unspecified atom stereocenters. The van der Waals surface area contributed by atoms with Crippen molar-refractivity contribution in [3.05, 3.63) is 88.9 Å². The highest BCUT2D eigenvalue weighted by atomic mass is 32.2. The largest absolute Gasteiger partial charge is 0.497 e. The van der Waals surface area contributed by atoms with Crippen molar-refractivity contribution < 1.29 is 18.2 Å². The van der Waals surface area contributed by atoms with Gasteiger partial charge in [-0.1, -0.05) is 42.0 Å². The average molecular weight is 397 g/mol. The number of hydrogen-bond acceptors (Lipinski definition) is 4. The van der Waals surface area contributed by atoms with Gasteiger partial charge in [-0.05, 0) is 42.3 Å². The highest BCUT2D eigenvalue weighted by Crippen LogP contribution is 2.15. The zero-order valence-corrected chi connectivity index (χ0v) is 16.8. The van der Waals surface area contributed by atoms with Crippen LogP contribution in [-0.2, 0) is 28.9 Å². The molecule has 1 amide bonds. The predicted molar refractivity (Wildman–Crippen MR) is 110 cm³/mol. The molecule has 1 heterocycles. The summed E-state index contributed by atoms with van der Waals surface area (Å²) < 4.78 is 23.1. The first-order chi connectivity index (χ1) is 13.5. The lowest BCUT2D eigenvalue weighted by atomic mass is 10.2. The summed E-state index contributed by atoms with van der Waals surface area (Å²) in [5, 5.41) is 2.81. The molecule has 0 saturated carbocycles. The number of aryl methyl sites for hydroxylation is 1. The number of rotatable bonds is 8. The van der Waals surface area contributed by atoms with Gasteiger partial charge in [0.25, 0.3) is 5.91 Å². The Morgan fingerprint density at radius 3 is 2.57 bits per heavy atom. The van der Waals surface area contributed by atoms with E-state index < -0.39 is 10.8 Å². The second-order valence-electron chi connectivity index (χ2n) is 6.51. The van der Waals surface area contributed by atoms with Crippen LogP contribution in [-0.4, -0.2) is 17.2 Å². The van der Waals surface area contributed by atoms with Crippen LogP contribution >= 0.6 is 0 Å². The second-order valence-corrected chi connectivity index (χ2v) is 7.97. The number of amides is 1. The Morgan fingerprint density at radius 1 is 1.04 bits per heavy atom. The maximum atomic E-state index is 12.4. The predicted octanol–water partition coefficient (Wildman–Crippen LogP) is 3.98. The quantitative estimate of drug-likeness (QED) is 0.624. The standard InChI is InChI=1S/C22H23NO4S/c1-16-6-8-17(9-7-16)14-28(25)15-20-10-11-21(27-20)22(24)23-13-18-4-3-5-19(12-18)26-2/h3-12H,13-15H2,1-2H3,(H,23,24)/t28-/m0/s1. The molecule has 0 aliphatic heterocycles. The number of benzene rings is 2. The summed E-state index contributed by atoms with van der Waals surface area (Å²) in [4.78, 5) is 12.3. The fraction of sp³-hybridized carbons (Fsp3) is 0.227. The van der Waals surface area contributed by atoms with E-state index in [0.29, 0.717) is 18.1 Å². The molecule has 3 rings (SSSR count). The highest BCUT2D eigenvalue weighted by Gasteiger charge is 2.13. The Labute approximate surface area is 167 Å². The molecule has 146 valence electrons. The van der Waals surface area contributed by atoms with E-state index in [2.05, 4.69) is 5.32 Å². The van der Waals surface area contributed by atoms with Crippen molar-refractivity contribution in [1.82, 2.24) is 5.32 Å². The van der Waals surface area contributed by atoms with Crippen LogP contribution in [0.1, 0.15) is 33.0 Å². The highest BCUT2D eigenvalue weighted by molar-refractivity contribution is 7.83. The zero-order chi connectivity index (χ0) is 19.9. The van der Waals surface area contributed by atoms with Crippen LogP contribution in [0.25, 0.3) is 0 Å². The average Bonchev–Trinajstić information content (AvgIpc) is 3.16. The molecule has 0 saturated heterocycles. The van der Waals surface area contributed by atoms with Crippen molar-refractivity contribution >= 4 is 16.7 Å². The summed E-state index contributed by atoms with van der Waals surface area (Å²) in [5.41, 5.74) is 3.12. The molecular formula is C22H23NO4S. The molecule has 1 N–H and O–H groups in total. The van der Waals surface area contributed by atoms with Crippen LogP contribution in [0, 0.1) is 6.92 Å². The van der Waals surface area contributed by atoms with E-state index in [9.17, 15) is 9.00 Å². The number of hydrogen-bond donors (Lipinski definition) is 1. The maximum Gasteiger partial charge on any atom is 0.287 e. The van der Waals surface area contributed by atoms with Crippen LogP contribution in [0.3, 0.4) is 0 Å². The van der Waals surface area contributed by atoms with E-state index in [-0.39, 0.29) is 17.4 Å². The van der Waals surface area contributed by atoms with Crippen molar-refractivity contribution in [2.24, 2.45) is 0 Å². The summed E-state index contributed by atoms with van der Waals surface area (Å²) in [6, 6.07) is 18.8. The molecule has 0 spiro atoms. The zero-order valence-electron chi connectivity index (χ0n) is 15.9. The van der Waals surface area contributed by atoms with E-state index in [0.717, 1.165) is 16.9 Å². The minimum atomic E-state index is -1.11. The Hall–Kier alpha value is -2.86. The third-order valence-electron chi connectivity index (χ3n) is 4.22. The van der Waals surface area contributed by atoms with Crippen LogP contribution in [0.4, 0.5) is 0 Å². The van der Waals surface area contributed by atoms with Crippen molar-refractivity contribution in [3.63, 3.8) is 0 Å². The van der Waals surface area contributed by atoms with Crippen molar-refractivity contribution in [2.45, 2.75) is 25.0 Å². The van der Waals surface area contributed by atoms with Gasteiger partial charge in [0.15, 0.2) is 5.76 Å². The number of carbonyl (C=O) groups excluding carboxylic acids is 1. The third kappa shape index (κ3) is 5.57. The van der Waals surface area contributed by atoms with Gasteiger partial charge in [-0.15, -0.1) is 0 Å². The molecule has 1 aromatic heterocycles. The van der Waals surface area contributed by atoms with E-state index >= 15 is 0 Å². The van der Waals surface area contributed by atoms with Crippen LogP contribution in [0.15, 0.2) is 65.1 Å². The number of ether oxygens (including phenoxy) is 1. The Kier molecular flexibility index (Phi) is 6.66. The summed E-state index contributed by atoms with van der Waals surface area (Å²) >= 11 is 0. The van der Waals surface area contributed by atoms with Gasteiger partial charge in [0.2, 0.25) is 0 Å². The minimum Gasteiger partial charge on any atom is -0.497 e. The van der Waals surface area contributed by atoms with Gasteiger partial charge in [0.1, 0.15) is 11.5 Å². The molecule has 0 aliphatic carbocycles. The van der Waals surface area contributed by atoms with E-state index in [4.69, 9.17) is 9.15 Å². The molecule has 28 heavy (non-hydrogen) atoms. The first-order valence-electron chi connectivity index (χ1n) is 8.94. The molecule has 0 bridgehead atoms. The maximum absolute atomic E-state index is 12.4. The lowest BCUT2D eigenvalue weighted by Gasteiger charge is -2.06. The molecule has 6 heteroatoms. The number of furan rings is 1. The third-order valence-corrected chi connectivity index (χ3v) is 5.49. The molecule has 0 aliphatic rings. The molecule has 2 aromatic carbocycles. The summed E-state index contributed by atoms with van der Waals surface area (Å²) in [5.74, 6) is 1.92. The first-order valence-corrected chi connectivity index (χ1v) is 10.4. The first kappa shape index (κ1) is 19.9. The monoisotopic (exact) mass is 397 g/mol. The Morgan fingerprint density at radius 2 is 1.82 bits per heavy atom. The normalized spacial score (nSPS) is 11.8.